The molecule has 0 bridgehead atoms. The lowest BCUT2D eigenvalue weighted by Crippen LogP contribution is -2.28. The van der Waals surface area contributed by atoms with Crippen LogP contribution >= 0.6 is 35.1 Å². The minimum atomic E-state index is -1.45. The van der Waals surface area contributed by atoms with E-state index in [0.29, 0.717) is 0 Å². The second-order valence-corrected chi connectivity index (χ2v) is 12.8. The number of thiol groups is 1. The molecule has 11 heavy (non-hydrogen) atoms. The van der Waals surface area contributed by atoms with Crippen molar-refractivity contribution >= 4 is 41.7 Å². The monoisotopic (exact) mass is 228 g/mol. The second-order valence-electron chi connectivity index (χ2n) is 2.12. The molecule has 0 atom stereocenters. The molecule has 1 nitrogen and oxygen atoms in total. The highest BCUT2D eigenvalue weighted by Gasteiger charge is 2.31. The quantitative estimate of drug-likeness (QED) is 0.553. The molecule has 0 aliphatic heterocycles. The summed E-state index contributed by atoms with van der Waals surface area (Å²) in [6, 6.07) is 1.20. The van der Waals surface area contributed by atoms with E-state index in [-0.39, 0.29) is 0 Å². The summed E-state index contributed by atoms with van der Waals surface area (Å²) in [4.78, 5) is 0. The fourth-order valence-electron chi connectivity index (χ4n) is 0.852. The van der Waals surface area contributed by atoms with Crippen molar-refractivity contribution in [1.82, 2.24) is 0 Å². The van der Waals surface area contributed by atoms with Crippen molar-refractivity contribution in [3.63, 3.8) is 0 Å². The van der Waals surface area contributed by atoms with Crippen molar-refractivity contribution in [3.8, 4) is 0 Å². The average Bonchev–Trinajstić information content (AvgIpc) is 2.08. The van der Waals surface area contributed by atoms with Crippen LogP contribution in [0.1, 0.15) is 6.42 Å². The zero-order valence-electron chi connectivity index (χ0n) is 7.29. The molecule has 0 aromatic carbocycles. The van der Waals surface area contributed by atoms with Gasteiger partial charge < -0.3 is 4.43 Å². The van der Waals surface area contributed by atoms with Gasteiger partial charge in [0.1, 0.15) is 0 Å². The Morgan fingerprint density at radius 1 is 1.36 bits per heavy atom. The van der Waals surface area contributed by atoms with Crippen molar-refractivity contribution in [2.24, 2.45) is 0 Å². The Balaban J connectivity index is 3.84. The third-order valence-electron chi connectivity index (χ3n) is 1.57. The van der Waals surface area contributed by atoms with Crippen LogP contribution in [-0.4, -0.2) is 32.0 Å². The molecule has 0 fully saturated rings. The molecule has 0 aromatic heterocycles. The van der Waals surface area contributed by atoms with Gasteiger partial charge in [-0.2, -0.15) is 12.6 Å². The van der Waals surface area contributed by atoms with Crippen LogP contribution in [-0.2, 0) is 4.43 Å². The van der Waals surface area contributed by atoms with Crippen LogP contribution in [0, 0.1) is 0 Å². The highest BCUT2D eigenvalue weighted by molar-refractivity contribution is 8.57. The molecular formula is C6H16OS3Si. The van der Waals surface area contributed by atoms with E-state index in [2.05, 4.69) is 25.1 Å². The van der Waals surface area contributed by atoms with Crippen LogP contribution in [0.25, 0.3) is 0 Å². The molecule has 0 N–H and O–H groups in total. The Hall–Kier alpha value is 1.23. The van der Waals surface area contributed by atoms with Gasteiger partial charge in [0.25, 0.3) is 0 Å². The summed E-state index contributed by atoms with van der Waals surface area (Å²) in [5.41, 5.74) is 0. The zero-order chi connectivity index (χ0) is 8.74. The summed E-state index contributed by atoms with van der Waals surface area (Å²) in [6.07, 6.45) is 5.46. The second kappa shape index (κ2) is 6.71. The average molecular weight is 228 g/mol. The van der Waals surface area contributed by atoms with E-state index in [1.54, 1.807) is 0 Å². The van der Waals surface area contributed by atoms with Gasteiger partial charge in [-0.1, -0.05) is 0 Å². The first-order chi connectivity index (χ1) is 5.24. The maximum absolute atomic E-state index is 5.57. The largest absolute Gasteiger partial charge is 0.402 e. The third-order valence-corrected chi connectivity index (χ3v) is 13.7. The molecule has 0 saturated heterocycles. The van der Waals surface area contributed by atoms with Gasteiger partial charge >= 0.3 is 6.62 Å². The van der Waals surface area contributed by atoms with Crippen LogP contribution in [0.3, 0.4) is 0 Å². The topological polar surface area (TPSA) is 9.23 Å². The van der Waals surface area contributed by atoms with Crippen molar-refractivity contribution in [2.45, 2.75) is 12.5 Å². The number of hydrogen-bond acceptors (Lipinski definition) is 4. The highest BCUT2D eigenvalue weighted by atomic mass is 32.6. The smallest absolute Gasteiger partial charge is 0.317 e. The standard InChI is InChI=1S/C6H16OS3Si/c1-7-11(9-2,10-3)6-4-5-8/h8H,4-6H2,1-3H3. The summed E-state index contributed by atoms with van der Waals surface area (Å²) < 4.78 is 5.57. The first-order valence-electron chi connectivity index (χ1n) is 3.51. The van der Waals surface area contributed by atoms with Crippen molar-refractivity contribution in [3.05, 3.63) is 0 Å². The van der Waals surface area contributed by atoms with Crippen molar-refractivity contribution < 1.29 is 4.43 Å². The molecule has 5 heteroatoms. The molecule has 0 aromatic rings. The Bertz CT molecular complexity index is 89.6. The predicted molar refractivity (Wildman–Crippen MR) is 63.1 cm³/mol. The van der Waals surface area contributed by atoms with Crippen LogP contribution in [0.15, 0.2) is 0 Å². The summed E-state index contributed by atoms with van der Waals surface area (Å²) in [5.74, 6) is 0.971. The molecule has 0 heterocycles. The molecule has 0 unspecified atom stereocenters. The summed E-state index contributed by atoms with van der Waals surface area (Å²) >= 11 is 8.00. The molecule has 68 valence electrons. The van der Waals surface area contributed by atoms with Gasteiger partial charge in [0.2, 0.25) is 0 Å². The van der Waals surface area contributed by atoms with Crippen molar-refractivity contribution in [2.75, 3.05) is 25.4 Å². The lowest BCUT2D eigenvalue weighted by molar-refractivity contribution is 0.429. The lowest BCUT2D eigenvalue weighted by atomic mass is 10.6. The maximum atomic E-state index is 5.57. The third kappa shape index (κ3) is 4.12. The van der Waals surface area contributed by atoms with Crippen molar-refractivity contribution in [1.29, 1.82) is 0 Å². The number of hydrogen-bond donors (Lipinski definition) is 1. The van der Waals surface area contributed by atoms with E-state index in [1.165, 1.54) is 12.5 Å². The van der Waals surface area contributed by atoms with Crippen LogP contribution < -0.4 is 0 Å². The van der Waals surface area contributed by atoms with Gasteiger partial charge in [0.05, 0.1) is 0 Å². The van der Waals surface area contributed by atoms with Crippen LogP contribution in [0.2, 0.25) is 6.04 Å². The molecule has 0 aliphatic rings. The Labute approximate surface area is 83.9 Å². The van der Waals surface area contributed by atoms with Gasteiger partial charge in [-0.3, -0.25) is 0 Å². The fourth-order valence-corrected chi connectivity index (χ4v) is 8.12. The van der Waals surface area contributed by atoms with E-state index < -0.39 is 6.62 Å². The summed E-state index contributed by atoms with van der Waals surface area (Å²) in [5, 5.41) is 0. The molecule has 0 spiro atoms. The normalized spacial score (nSPS) is 12.0. The number of rotatable bonds is 6. The van der Waals surface area contributed by atoms with E-state index in [4.69, 9.17) is 4.43 Å². The Kier molecular flexibility index (Phi) is 7.46. The SMILES string of the molecule is CO[Si](CCCS)(SC)SC. The molecule has 0 saturated carbocycles. The molecular weight excluding hydrogens is 212 g/mol. The molecule has 0 rings (SSSR count). The van der Waals surface area contributed by atoms with Gasteiger partial charge in [-0.25, -0.2) is 0 Å². The first-order valence-corrected chi connectivity index (χ1v) is 10.2. The Morgan fingerprint density at radius 2 is 1.91 bits per heavy atom. The molecule has 0 aliphatic carbocycles. The fraction of sp³-hybridized carbons (Fsp3) is 1.00. The highest BCUT2D eigenvalue weighted by Crippen LogP contribution is 2.34. The summed E-state index contributed by atoms with van der Waals surface area (Å²) in [6.45, 7) is -1.45. The predicted octanol–water partition coefficient (Wildman–Crippen LogP) is 2.62. The molecule has 0 radical (unpaired) electrons. The minimum Gasteiger partial charge on any atom is -0.402 e. The lowest BCUT2D eigenvalue weighted by Gasteiger charge is -2.24. The van der Waals surface area contributed by atoms with E-state index >= 15 is 0 Å². The summed E-state index contributed by atoms with van der Waals surface area (Å²) in [7, 11) is 1.83. The van der Waals surface area contributed by atoms with Gasteiger partial charge in [-0.05, 0) is 30.7 Å². The van der Waals surface area contributed by atoms with E-state index in [0.717, 1.165) is 5.75 Å². The molecule has 0 amide bonds. The first kappa shape index (κ1) is 12.2. The van der Waals surface area contributed by atoms with E-state index in [9.17, 15) is 0 Å². The minimum absolute atomic E-state index is 0.971. The van der Waals surface area contributed by atoms with Crippen LogP contribution in [0.4, 0.5) is 0 Å². The van der Waals surface area contributed by atoms with Gasteiger partial charge in [-0.15, -0.1) is 22.4 Å². The van der Waals surface area contributed by atoms with Gasteiger partial charge in [0, 0.05) is 7.11 Å². The maximum Gasteiger partial charge on any atom is 0.317 e. The Morgan fingerprint density at radius 3 is 2.18 bits per heavy atom. The van der Waals surface area contributed by atoms with E-state index in [1.807, 2.05) is 29.5 Å². The van der Waals surface area contributed by atoms with Crippen LogP contribution in [0.5, 0.6) is 0 Å². The van der Waals surface area contributed by atoms with Gasteiger partial charge in [0.15, 0.2) is 0 Å². The zero-order valence-corrected chi connectivity index (χ0v) is 10.8.